The van der Waals surface area contributed by atoms with Crippen LogP contribution in [0.3, 0.4) is 0 Å². The molecule has 0 amide bonds. The maximum absolute atomic E-state index is 2.45. The number of hydrogen-bond donors (Lipinski definition) is 0. The first-order valence-electron chi connectivity index (χ1n) is 5.66. The van der Waals surface area contributed by atoms with Crippen LogP contribution in [0.4, 0.5) is 0 Å². The minimum Gasteiger partial charge on any atom is -0.195 e. The molecule has 74 valence electrons. The molecule has 14 heavy (non-hydrogen) atoms. The summed E-state index contributed by atoms with van der Waals surface area (Å²) in [5, 5.41) is 0. The quantitative estimate of drug-likeness (QED) is 0.532. The fourth-order valence-corrected chi connectivity index (χ4v) is 2.63. The van der Waals surface area contributed by atoms with Gasteiger partial charge < -0.3 is 0 Å². The van der Waals surface area contributed by atoms with E-state index in [2.05, 4.69) is 19.9 Å². The van der Waals surface area contributed by atoms with Gasteiger partial charge in [0.25, 0.3) is 0 Å². The molecule has 1 aromatic rings. The van der Waals surface area contributed by atoms with Crippen molar-refractivity contribution in [3.63, 3.8) is 0 Å². The van der Waals surface area contributed by atoms with E-state index in [9.17, 15) is 0 Å². The number of hydrogen-bond acceptors (Lipinski definition) is 0. The normalized spacial score (nSPS) is 14.7. The Balaban J connectivity index is 0.000000980. The topological polar surface area (TPSA) is 0 Å². The molecule has 0 saturated carbocycles. The van der Waals surface area contributed by atoms with Crippen molar-refractivity contribution in [3.05, 3.63) is 28.3 Å². The van der Waals surface area contributed by atoms with E-state index in [4.69, 9.17) is 0 Å². The van der Waals surface area contributed by atoms with Gasteiger partial charge in [-0.05, 0) is 0 Å². The summed E-state index contributed by atoms with van der Waals surface area (Å²) in [5.74, 6) is 0. The Labute approximate surface area is 102 Å². The monoisotopic (exact) mass is 223 g/mol. The van der Waals surface area contributed by atoms with Gasteiger partial charge in [0, 0.05) is 0 Å². The predicted molar refractivity (Wildman–Crippen MR) is 57.4 cm³/mol. The fourth-order valence-electron chi connectivity index (χ4n) is 2.63. The van der Waals surface area contributed by atoms with Crippen LogP contribution in [0, 0.1) is 0 Å². The Kier molecular flexibility index (Phi) is 4.53. The second-order valence-corrected chi connectivity index (χ2v) is 4.07. The van der Waals surface area contributed by atoms with Crippen LogP contribution >= 0.6 is 0 Å². The summed E-state index contributed by atoms with van der Waals surface area (Å²) >= 11 is 0. The molecule has 0 radical (unpaired) electrons. The molecule has 0 aromatic heterocycles. The van der Waals surface area contributed by atoms with Crippen molar-refractivity contribution >= 4 is 0 Å². The minimum atomic E-state index is 0. The molecule has 1 aliphatic rings. The molecule has 0 heterocycles. The van der Waals surface area contributed by atoms with Crippen LogP contribution in [0.5, 0.6) is 0 Å². The summed E-state index contributed by atoms with van der Waals surface area (Å²) in [5.41, 5.74) is 6.69. The van der Waals surface area contributed by atoms with Crippen molar-refractivity contribution < 1.29 is 21.7 Å². The maximum atomic E-state index is 2.45. The van der Waals surface area contributed by atoms with Gasteiger partial charge in [-0.3, -0.25) is 0 Å². The molecule has 1 aliphatic carbocycles. The van der Waals surface area contributed by atoms with Crippen LogP contribution in [0.2, 0.25) is 0 Å². The first kappa shape index (κ1) is 12.1. The van der Waals surface area contributed by atoms with Gasteiger partial charge in [0.05, 0.1) is 0 Å². The van der Waals surface area contributed by atoms with Crippen molar-refractivity contribution in [1.82, 2.24) is 0 Å². The minimum absolute atomic E-state index is 0. The van der Waals surface area contributed by atoms with E-state index >= 15 is 0 Å². The molecule has 0 spiro atoms. The predicted octanol–water partition coefficient (Wildman–Crippen LogP) is 3.41. The average molecular weight is 223 g/mol. The van der Waals surface area contributed by atoms with Crippen LogP contribution in [0.1, 0.15) is 48.9 Å². The second-order valence-electron chi connectivity index (χ2n) is 4.07. The Hall–Kier alpha value is 0.0643. The van der Waals surface area contributed by atoms with Crippen LogP contribution in [-0.4, -0.2) is 0 Å². The molecule has 1 aromatic carbocycles. The van der Waals surface area contributed by atoms with Crippen LogP contribution in [0.15, 0.2) is 6.07 Å². The van der Waals surface area contributed by atoms with E-state index in [0.29, 0.717) is 0 Å². The van der Waals surface area contributed by atoms with Crippen LogP contribution in [-0.2, 0) is 47.4 Å². The molecule has 0 bridgehead atoms. The Morgan fingerprint density at radius 3 is 2.57 bits per heavy atom. The Bertz CT molecular complexity index is 268. The molecule has 0 aliphatic heterocycles. The third-order valence-corrected chi connectivity index (χ3v) is 3.35. The van der Waals surface area contributed by atoms with E-state index in [1.165, 1.54) is 38.5 Å². The number of fused-ring (bicyclic) bond motifs is 1. The SMILES string of the molecule is CCc1c[c-](CC)c2c1CCCC2.[Ti+2]. The van der Waals surface area contributed by atoms with Crippen molar-refractivity contribution in [2.45, 2.75) is 52.4 Å². The van der Waals surface area contributed by atoms with E-state index in [0.717, 1.165) is 0 Å². The van der Waals surface area contributed by atoms with Gasteiger partial charge in [-0.15, -0.1) is 0 Å². The standard InChI is InChI=1S/C13H19.Ti/c1-3-10-9-11(4-2)13-8-6-5-7-12(10)13;/h9H,3-8H2,1-2H3;/q-1;+2. The largest absolute Gasteiger partial charge is 2.00 e. The molecule has 2 rings (SSSR count). The van der Waals surface area contributed by atoms with Crippen molar-refractivity contribution in [2.75, 3.05) is 0 Å². The Morgan fingerprint density at radius 2 is 1.93 bits per heavy atom. The van der Waals surface area contributed by atoms with Crippen molar-refractivity contribution in [2.24, 2.45) is 0 Å². The van der Waals surface area contributed by atoms with Crippen molar-refractivity contribution in [3.8, 4) is 0 Å². The summed E-state index contributed by atoms with van der Waals surface area (Å²) in [4.78, 5) is 0. The zero-order valence-electron chi connectivity index (χ0n) is 9.32. The number of aryl methyl sites for hydroxylation is 2. The van der Waals surface area contributed by atoms with Gasteiger partial charge in [0.2, 0.25) is 0 Å². The Morgan fingerprint density at radius 1 is 1.21 bits per heavy atom. The molecular formula is C13H19Ti+. The molecule has 0 unspecified atom stereocenters. The van der Waals surface area contributed by atoms with E-state index < -0.39 is 0 Å². The molecule has 0 N–H and O–H groups in total. The molecule has 1 heteroatoms. The molecule has 0 nitrogen and oxygen atoms in total. The summed E-state index contributed by atoms with van der Waals surface area (Å²) in [6.45, 7) is 4.56. The first-order chi connectivity index (χ1) is 6.36. The summed E-state index contributed by atoms with van der Waals surface area (Å²) in [6, 6.07) is 2.45. The molecule has 0 atom stereocenters. The maximum Gasteiger partial charge on any atom is 2.00 e. The summed E-state index contributed by atoms with van der Waals surface area (Å²) in [7, 11) is 0. The first-order valence-corrected chi connectivity index (χ1v) is 5.66. The fraction of sp³-hybridized carbons (Fsp3) is 0.615. The zero-order chi connectivity index (χ0) is 9.26. The van der Waals surface area contributed by atoms with Gasteiger partial charge in [-0.2, -0.15) is 28.3 Å². The van der Waals surface area contributed by atoms with Gasteiger partial charge in [-0.1, -0.05) is 52.4 Å². The molecular weight excluding hydrogens is 204 g/mol. The zero-order valence-corrected chi connectivity index (χ0v) is 10.9. The van der Waals surface area contributed by atoms with Gasteiger partial charge >= 0.3 is 21.7 Å². The summed E-state index contributed by atoms with van der Waals surface area (Å²) in [6.07, 6.45) is 7.96. The third-order valence-electron chi connectivity index (χ3n) is 3.35. The molecule has 0 saturated heterocycles. The van der Waals surface area contributed by atoms with Gasteiger partial charge in [-0.25, -0.2) is 0 Å². The van der Waals surface area contributed by atoms with E-state index in [-0.39, 0.29) is 21.7 Å². The van der Waals surface area contributed by atoms with E-state index in [1.807, 2.05) is 0 Å². The smallest absolute Gasteiger partial charge is 0.195 e. The van der Waals surface area contributed by atoms with Gasteiger partial charge in [0.1, 0.15) is 0 Å². The molecule has 0 fully saturated rings. The summed E-state index contributed by atoms with van der Waals surface area (Å²) < 4.78 is 0. The van der Waals surface area contributed by atoms with Crippen LogP contribution in [0.25, 0.3) is 0 Å². The third kappa shape index (κ3) is 2.02. The average Bonchev–Trinajstić information content (AvgIpc) is 2.56. The van der Waals surface area contributed by atoms with Crippen LogP contribution < -0.4 is 0 Å². The van der Waals surface area contributed by atoms with Crippen molar-refractivity contribution in [1.29, 1.82) is 0 Å². The second kappa shape index (κ2) is 5.23. The van der Waals surface area contributed by atoms with E-state index in [1.54, 1.807) is 22.3 Å². The number of rotatable bonds is 2. The van der Waals surface area contributed by atoms with Gasteiger partial charge in [0.15, 0.2) is 0 Å².